The minimum atomic E-state index is -0.345. The van der Waals surface area contributed by atoms with E-state index in [2.05, 4.69) is 18.1 Å². The molecule has 0 N–H and O–H groups in total. The van der Waals surface area contributed by atoms with Gasteiger partial charge in [0, 0.05) is 44.7 Å². The molecule has 2 amide bonds. The summed E-state index contributed by atoms with van der Waals surface area (Å²) in [4.78, 5) is 30.2. The van der Waals surface area contributed by atoms with Gasteiger partial charge in [-0.1, -0.05) is 32.9 Å². The Hall–Kier alpha value is -1.62. The maximum Gasteiger partial charge on any atom is 0.237 e. The Morgan fingerprint density at radius 2 is 1.55 bits per heavy atom. The molecular formula is C17H29N3O2. The predicted octanol–water partition coefficient (Wildman–Crippen LogP) is 1.38. The van der Waals surface area contributed by atoms with Crippen molar-refractivity contribution >= 4 is 11.8 Å². The zero-order valence-corrected chi connectivity index (χ0v) is 14.2. The Morgan fingerprint density at radius 3 is 1.95 bits per heavy atom. The van der Waals surface area contributed by atoms with E-state index in [0.717, 1.165) is 13.1 Å². The van der Waals surface area contributed by atoms with Gasteiger partial charge in [-0.25, -0.2) is 0 Å². The van der Waals surface area contributed by atoms with Gasteiger partial charge in [0.25, 0.3) is 0 Å². The van der Waals surface area contributed by atoms with E-state index in [-0.39, 0.29) is 17.2 Å². The van der Waals surface area contributed by atoms with Gasteiger partial charge in [-0.2, -0.15) is 0 Å². The van der Waals surface area contributed by atoms with E-state index in [1.54, 1.807) is 17.1 Å². The number of rotatable bonds is 6. The zero-order valence-electron chi connectivity index (χ0n) is 14.2. The van der Waals surface area contributed by atoms with Crippen molar-refractivity contribution < 1.29 is 9.59 Å². The number of piperazine rings is 1. The van der Waals surface area contributed by atoms with E-state index in [9.17, 15) is 9.59 Å². The Balaban J connectivity index is 2.48. The minimum Gasteiger partial charge on any atom is -0.340 e. The third-order valence-corrected chi connectivity index (χ3v) is 3.71. The number of nitrogens with zero attached hydrogens (tertiary/aromatic N) is 3. The first-order valence-electron chi connectivity index (χ1n) is 7.81. The molecule has 0 saturated carbocycles. The van der Waals surface area contributed by atoms with E-state index >= 15 is 0 Å². The smallest absolute Gasteiger partial charge is 0.237 e. The molecule has 0 radical (unpaired) electrons. The second-order valence-electron chi connectivity index (χ2n) is 6.69. The molecule has 1 aliphatic heterocycles. The van der Waals surface area contributed by atoms with Crippen molar-refractivity contribution in [2.45, 2.75) is 20.8 Å². The topological polar surface area (TPSA) is 43.9 Å². The predicted molar refractivity (Wildman–Crippen MR) is 89.4 cm³/mol. The van der Waals surface area contributed by atoms with Crippen LogP contribution in [0.2, 0.25) is 0 Å². The average molecular weight is 307 g/mol. The van der Waals surface area contributed by atoms with Crippen LogP contribution >= 0.6 is 0 Å². The van der Waals surface area contributed by atoms with Crippen LogP contribution in [-0.2, 0) is 9.59 Å². The van der Waals surface area contributed by atoms with Crippen molar-refractivity contribution in [1.82, 2.24) is 14.7 Å². The molecule has 0 aromatic rings. The lowest BCUT2D eigenvalue weighted by atomic mass is 9.94. The monoisotopic (exact) mass is 307 g/mol. The highest BCUT2D eigenvalue weighted by Gasteiger charge is 2.30. The van der Waals surface area contributed by atoms with Crippen LogP contribution in [0.3, 0.4) is 0 Å². The second kappa shape index (κ2) is 8.13. The van der Waals surface area contributed by atoms with Gasteiger partial charge in [0.2, 0.25) is 11.8 Å². The minimum absolute atomic E-state index is 0.0791. The summed E-state index contributed by atoms with van der Waals surface area (Å²) in [7, 11) is 0. The average Bonchev–Trinajstić information content (AvgIpc) is 2.46. The molecule has 5 heteroatoms. The summed E-state index contributed by atoms with van der Waals surface area (Å²) >= 11 is 0. The van der Waals surface area contributed by atoms with Gasteiger partial charge < -0.3 is 9.80 Å². The van der Waals surface area contributed by atoms with Crippen LogP contribution in [0.25, 0.3) is 0 Å². The van der Waals surface area contributed by atoms with Gasteiger partial charge in [0.1, 0.15) is 0 Å². The highest BCUT2D eigenvalue weighted by molar-refractivity contribution is 5.81. The van der Waals surface area contributed by atoms with Crippen molar-refractivity contribution in [3.63, 3.8) is 0 Å². The van der Waals surface area contributed by atoms with E-state index in [1.165, 1.54) is 0 Å². The van der Waals surface area contributed by atoms with Crippen LogP contribution in [0.4, 0.5) is 0 Å². The molecule has 1 heterocycles. The number of carbonyl (C=O) groups excluding carboxylic acids is 2. The van der Waals surface area contributed by atoms with Crippen molar-refractivity contribution in [1.29, 1.82) is 0 Å². The Kier molecular flexibility index (Phi) is 6.81. The summed E-state index contributed by atoms with van der Waals surface area (Å²) in [6, 6.07) is 0. The summed E-state index contributed by atoms with van der Waals surface area (Å²) in [6.45, 7) is 17.5. The maximum absolute atomic E-state index is 12.3. The van der Waals surface area contributed by atoms with Gasteiger partial charge in [0.15, 0.2) is 0 Å². The van der Waals surface area contributed by atoms with Crippen LogP contribution in [0.15, 0.2) is 25.3 Å². The molecule has 0 unspecified atom stereocenters. The third kappa shape index (κ3) is 5.30. The van der Waals surface area contributed by atoms with Crippen LogP contribution in [0.5, 0.6) is 0 Å². The normalized spacial score (nSPS) is 16.2. The first-order valence-corrected chi connectivity index (χ1v) is 7.81. The summed E-state index contributed by atoms with van der Waals surface area (Å²) < 4.78 is 0. The van der Waals surface area contributed by atoms with Crippen molar-refractivity contribution in [3.8, 4) is 0 Å². The molecule has 1 aliphatic rings. The molecule has 0 atom stereocenters. The Morgan fingerprint density at radius 1 is 1.05 bits per heavy atom. The molecule has 1 saturated heterocycles. The molecular weight excluding hydrogens is 278 g/mol. The SMILES string of the molecule is C=CCN(CC=C)C(=O)CN1CCN(C(=O)C(C)(C)C)CC1. The molecule has 0 aromatic carbocycles. The largest absolute Gasteiger partial charge is 0.340 e. The molecule has 0 aromatic heterocycles. The Bertz CT molecular complexity index is 408. The number of carbonyl (C=O) groups is 2. The zero-order chi connectivity index (χ0) is 16.8. The molecule has 0 spiro atoms. The van der Waals surface area contributed by atoms with E-state index in [4.69, 9.17) is 0 Å². The molecule has 124 valence electrons. The van der Waals surface area contributed by atoms with Crippen molar-refractivity contribution in [2.24, 2.45) is 5.41 Å². The van der Waals surface area contributed by atoms with E-state index in [1.807, 2.05) is 25.7 Å². The van der Waals surface area contributed by atoms with Crippen LogP contribution in [0, 0.1) is 5.41 Å². The fraction of sp³-hybridized carbons (Fsp3) is 0.647. The lowest BCUT2D eigenvalue weighted by molar-refractivity contribution is -0.141. The van der Waals surface area contributed by atoms with E-state index < -0.39 is 0 Å². The summed E-state index contributed by atoms with van der Waals surface area (Å²) in [5.74, 6) is 0.258. The van der Waals surface area contributed by atoms with Gasteiger partial charge in [-0.3, -0.25) is 14.5 Å². The van der Waals surface area contributed by atoms with E-state index in [0.29, 0.717) is 32.7 Å². The highest BCUT2D eigenvalue weighted by Crippen LogP contribution is 2.18. The molecule has 22 heavy (non-hydrogen) atoms. The fourth-order valence-corrected chi connectivity index (χ4v) is 2.46. The summed E-state index contributed by atoms with van der Waals surface area (Å²) in [5, 5.41) is 0. The first kappa shape index (κ1) is 18.4. The fourth-order valence-electron chi connectivity index (χ4n) is 2.46. The molecule has 1 fully saturated rings. The third-order valence-electron chi connectivity index (χ3n) is 3.71. The molecule has 0 aliphatic carbocycles. The van der Waals surface area contributed by atoms with Crippen molar-refractivity contribution in [3.05, 3.63) is 25.3 Å². The van der Waals surface area contributed by atoms with Gasteiger partial charge in [-0.05, 0) is 0 Å². The van der Waals surface area contributed by atoms with Crippen LogP contribution < -0.4 is 0 Å². The quantitative estimate of drug-likeness (QED) is 0.696. The Labute approximate surface area is 134 Å². The maximum atomic E-state index is 12.3. The molecule has 0 bridgehead atoms. The van der Waals surface area contributed by atoms with Crippen molar-refractivity contribution in [2.75, 3.05) is 45.8 Å². The number of hydrogen-bond donors (Lipinski definition) is 0. The standard InChI is InChI=1S/C17H29N3O2/c1-6-8-19(9-7-2)15(21)14-18-10-12-20(13-11-18)16(22)17(3,4)5/h6-7H,1-2,8-14H2,3-5H3. The molecule has 1 rings (SSSR count). The number of hydrogen-bond acceptors (Lipinski definition) is 3. The lowest BCUT2D eigenvalue weighted by Crippen LogP contribution is -2.53. The second-order valence-corrected chi connectivity index (χ2v) is 6.69. The number of amides is 2. The molecule has 5 nitrogen and oxygen atoms in total. The summed E-state index contributed by atoms with van der Waals surface area (Å²) in [6.07, 6.45) is 3.45. The highest BCUT2D eigenvalue weighted by atomic mass is 16.2. The van der Waals surface area contributed by atoms with Crippen LogP contribution in [0.1, 0.15) is 20.8 Å². The van der Waals surface area contributed by atoms with Gasteiger partial charge in [0.05, 0.1) is 6.54 Å². The van der Waals surface area contributed by atoms with Crippen LogP contribution in [-0.4, -0.2) is 72.3 Å². The van der Waals surface area contributed by atoms with Gasteiger partial charge in [-0.15, -0.1) is 13.2 Å². The first-order chi connectivity index (χ1) is 10.3. The lowest BCUT2D eigenvalue weighted by Gasteiger charge is -2.37. The van der Waals surface area contributed by atoms with Gasteiger partial charge >= 0.3 is 0 Å². The summed E-state index contributed by atoms with van der Waals surface area (Å²) in [5.41, 5.74) is -0.345.